The SMILES string of the molecule is CN=C(N)N[C@@H]1CCCN(C(=O)CCc2ccccc2)C1. The standard InChI is InChI=1S/C16H24N4O/c1-18-16(17)19-14-8-5-11-20(12-14)15(21)10-9-13-6-3-2-4-7-13/h2-4,6-7,14H,5,8-12H2,1H3,(H3,17,18,19)/t14-/m1/s1. The van der Waals surface area contributed by atoms with E-state index in [4.69, 9.17) is 5.73 Å². The number of carbonyl (C=O) groups is 1. The van der Waals surface area contributed by atoms with Gasteiger partial charge in [0.15, 0.2) is 5.96 Å². The van der Waals surface area contributed by atoms with Crippen molar-refractivity contribution >= 4 is 11.9 Å². The Kier molecular flexibility index (Phi) is 5.60. The Morgan fingerprint density at radius 3 is 2.90 bits per heavy atom. The molecule has 0 aliphatic carbocycles. The first-order valence-corrected chi connectivity index (χ1v) is 7.49. The number of rotatable bonds is 4. The van der Waals surface area contributed by atoms with Gasteiger partial charge in [0.1, 0.15) is 0 Å². The van der Waals surface area contributed by atoms with Crippen LogP contribution in [0.4, 0.5) is 0 Å². The lowest BCUT2D eigenvalue weighted by Crippen LogP contribution is -2.51. The van der Waals surface area contributed by atoms with Crippen molar-refractivity contribution in [2.45, 2.75) is 31.7 Å². The third-order valence-electron chi connectivity index (χ3n) is 3.84. The highest BCUT2D eigenvalue weighted by Crippen LogP contribution is 2.12. The van der Waals surface area contributed by atoms with E-state index in [-0.39, 0.29) is 11.9 Å². The monoisotopic (exact) mass is 288 g/mol. The zero-order valence-corrected chi connectivity index (χ0v) is 12.6. The van der Waals surface area contributed by atoms with E-state index in [1.165, 1.54) is 5.56 Å². The molecule has 114 valence electrons. The fraction of sp³-hybridized carbons (Fsp3) is 0.500. The largest absolute Gasteiger partial charge is 0.370 e. The summed E-state index contributed by atoms with van der Waals surface area (Å²) in [6.45, 7) is 1.55. The number of hydrogen-bond donors (Lipinski definition) is 2. The second kappa shape index (κ2) is 7.67. The van der Waals surface area contributed by atoms with E-state index in [1.807, 2.05) is 23.1 Å². The number of guanidine groups is 1. The maximum absolute atomic E-state index is 12.3. The number of nitrogens with zero attached hydrogens (tertiary/aromatic N) is 2. The second-order valence-electron chi connectivity index (χ2n) is 5.42. The summed E-state index contributed by atoms with van der Waals surface area (Å²) in [5.74, 6) is 0.663. The Balaban J connectivity index is 1.81. The van der Waals surface area contributed by atoms with Gasteiger partial charge in [-0.3, -0.25) is 9.79 Å². The Bertz CT molecular complexity index is 486. The van der Waals surface area contributed by atoms with Crippen LogP contribution >= 0.6 is 0 Å². The van der Waals surface area contributed by atoms with Crippen molar-refractivity contribution in [2.24, 2.45) is 10.7 Å². The minimum Gasteiger partial charge on any atom is -0.370 e. The maximum atomic E-state index is 12.3. The molecule has 1 heterocycles. The molecule has 3 N–H and O–H groups in total. The maximum Gasteiger partial charge on any atom is 0.222 e. The van der Waals surface area contributed by atoms with E-state index >= 15 is 0 Å². The average molecular weight is 288 g/mol. The molecule has 1 saturated heterocycles. The van der Waals surface area contributed by atoms with Crippen molar-refractivity contribution in [3.05, 3.63) is 35.9 Å². The number of nitrogens with one attached hydrogen (secondary N) is 1. The minimum atomic E-state index is 0.211. The molecule has 1 aromatic rings. The normalized spacial score (nSPS) is 19.4. The zero-order chi connectivity index (χ0) is 15.1. The van der Waals surface area contributed by atoms with E-state index in [0.717, 1.165) is 25.8 Å². The third-order valence-corrected chi connectivity index (χ3v) is 3.84. The van der Waals surface area contributed by atoms with Gasteiger partial charge in [-0.15, -0.1) is 0 Å². The molecule has 0 radical (unpaired) electrons. The van der Waals surface area contributed by atoms with Gasteiger partial charge in [0.05, 0.1) is 0 Å². The van der Waals surface area contributed by atoms with Crippen molar-refractivity contribution in [1.29, 1.82) is 0 Å². The number of aliphatic imine (C=N–C) groups is 1. The predicted octanol–water partition coefficient (Wildman–Crippen LogP) is 1.14. The fourth-order valence-corrected chi connectivity index (χ4v) is 2.65. The number of nitrogens with two attached hydrogens (primary N) is 1. The molecule has 5 heteroatoms. The van der Waals surface area contributed by atoms with Crippen LogP contribution < -0.4 is 11.1 Å². The van der Waals surface area contributed by atoms with E-state index in [1.54, 1.807) is 7.05 Å². The molecule has 0 aromatic heterocycles. The van der Waals surface area contributed by atoms with Crippen LogP contribution in [0, 0.1) is 0 Å². The molecule has 2 rings (SSSR count). The summed E-state index contributed by atoms with van der Waals surface area (Å²) in [5.41, 5.74) is 6.90. The summed E-state index contributed by atoms with van der Waals surface area (Å²) >= 11 is 0. The molecule has 0 spiro atoms. The Labute approximate surface area is 126 Å². The summed E-state index contributed by atoms with van der Waals surface area (Å²) in [7, 11) is 1.66. The number of likely N-dealkylation sites (tertiary alicyclic amines) is 1. The molecule has 0 unspecified atom stereocenters. The van der Waals surface area contributed by atoms with Gasteiger partial charge in [-0.1, -0.05) is 30.3 Å². The smallest absolute Gasteiger partial charge is 0.222 e. The molecule has 0 saturated carbocycles. The van der Waals surface area contributed by atoms with Crippen molar-refractivity contribution in [2.75, 3.05) is 20.1 Å². The molecule has 5 nitrogen and oxygen atoms in total. The molecule has 21 heavy (non-hydrogen) atoms. The molecule has 1 aromatic carbocycles. The highest BCUT2D eigenvalue weighted by atomic mass is 16.2. The molecular formula is C16H24N4O. The number of piperidine rings is 1. The lowest BCUT2D eigenvalue weighted by atomic mass is 10.0. The van der Waals surface area contributed by atoms with Crippen LogP contribution in [0.5, 0.6) is 0 Å². The first kappa shape index (κ1) is 15.4. The van der Waals surface area contributed by atoms with Crippen LogP contribution in [-0.4, -0.2) is 42.9 Å². The topological polar surface area (TPSA) is 70.7 Å². The molecular weight excluding hydrogens is 264 g/mol. The van der Waals surface area contributed by atoms with Gasteiger partial charge >= 0.3 is 0 Å². The van der Waals surface area contributed by atoms with Gasteiger partial charge in [-0.05, 0) is 24.8 Å². The number of hydrogen-bond acceptors (Lipinski definition) is 2. The summed E-state index contributed by atoms with van der Waals surface area (Å²) < 4.78 is 0. The summed E-state index contributed by atoms with van der Waals surface area (Å²) in [4.78, 5) is 18.2. The number of aryl methyl sites for hydroxylation is 1. The quantitative estimate of drug-likeness (QED) is 0.645. The number of benzene rings is 1. The van der Waals surface area contributed by atoms with Crippen LogP contribution in [0.3, 0.4) is 0 Å². The lowest BCUT2D eigenvalue weighted by Gasteiger charge is -2.33. The van der Waals surface area contributed by atoms with Crippen LogP contribution in [0.2, 0.25) is 0 Å². The molecule has 1 atom stereocenters. The molecule has 1 aliphatic heterocycles. The Morgan fingerprint density at radius 2 is 2.19 bits per heavy atom. The predicted molar refractivity (Wildman–Crippen MR) is 85.0 cm³/mol. The van der Waals surface area contributed by atoms with Crippen molar-refractivity contribution < 1.29 is 4.79 Å². The van der Waals surface area contributed by atoms with Crippen molar-refractivity contribution in [3.63, 3.8) is 0 Å². The average Bonchev–Trinajstić information content (AvgIpc) is 2.53. The van der Waals surface area contributed by atoms with E-state index < -0.39 is 0 Å². The van der Waals surface area contributed by atoms with E-state index in [9.17, 15) is 4.79 Å². The summed E-state index contributed by atoms with van der Waals surface area (Å²) in [5, 5.41) is 3.16. The van der Waals surface area contributed by atoms with Gasteiger partial charge in [0.2, 0.25) is 5.91 Å². The molecule has 1 aliphatic rings. The summed E-state index contributed by atoms with van der Waals surface area (Å²) in [6.07, 6.45) is 3.39. The highest BCUT2D eigenvalue weighted by Gasteiger charge is 2.23. The lowest BCUT2D eigenvalue weighted by molar-refractivity contribution is -0.132. The van der Waals surface area contributed by atoms with Crippen LogP contribution in [0.25, 0.3) is 0 Å². The number of carbonyl (C=O) groups excluding carboxylic acids is 1. The van der Waals surface area contributed by atoms with Crippen molar-refractivity contribution in [1.82, 2.24) is 10.2 Å². The van der Waals surface area contributed by atoms with Crippen LogP contribution in [0.1, 0.15) is 24.8 Å². The highest BCUT2D eigenvalue weighted by molar-refractivity contribution is 5.79. The van der Waals surface area contributed by atoms with Gasteiger partial charge in [0, 0.05) is 32.6 Å². The van der Waals surface area contributed by atoms with Crippen molar-refractivity contribution in [3.8, 4) is 0 Å². The Morgan fingerprint density at radius 1 is 1.43 bits per heavy atom. The van der Waals surface area contributed by atoms with E-state index in [0.29, 0.717) is 18.9 Å². The number of amides is 1. The fourth-order valence-electron chi connectivity index (χ4n) is 2.65. The molecule has 1 fully saturated rings. The van der Waals surface area contributed by atoms with Crippen LogP contribution in [0.15, 0.2) is 35.3 Å². The van der Waals surface area contributed by atoms with Gasteiger partial charge in [0.25, 0.3) is 0 Å². The Hall–Kier alpha value is -2.04. The van der Waals surface area contributed by atoms with Gasteiger partial charge < -0.3 is 16.0 Å². The molecule has 1 amide bonds. The second-order valence-corrected chi connectivity index (χ2v) is 5.42. The van der Waals surface area contributed by atoms with Crippen LogP contribution in [-0.2, 0) is 11.2 Å². The van der Waals surface area contributed by atoms with Gasteiger partial charge in [-0.25, -0.2) is 0 Å². The summed E-state index contributed by atoms with van der Waals surface area (Å²) in [6, 6.07) is 10.3. The van der Waals surface area contributed by atoms with E-state index in [2.05, 4.69) is 22.4 Å². The molecule has 0 bridgehead atoms. The first-order valence-electron chi connectivity index (χ1n) is 7.49. The zero-order valence-electron chi connectivity index (χ0n) is 12.6. The van der Waals surface area contributed by atoms with Gasteiger partial charge in [-0.2, -0.15) is 0 Å². The minimum absolute atomic E-state index is 0.211. The first-order chi connectivity index (χ1) is 10.2. The third kappa shape index (κ3) is 4.77.